The molecule has 1 N–H and O–H groups in total. The molecule has 1 amide bonds. The van der Waals surface area contributed by atoms with E-state index in [0.29, 0.717) is 12.5 Å². The minimum atomic E-state index is -4.20. The number of fused-ring (bicyclic) bond motifs is 1. The van der Waals surface area contributed by atoms with Gasteiger partial charge in [-0.05, 0) is 30.7 Å². The molecular weight excluding hydrogens is 426 g/mol. The number of sulfonamides is 1. The van der Waals surface area contributed by atoms with Crippen molar-refractivity contribution in [2.45, 2.75) is 43.6 Å². The Hall–Kier alpha value is -1.78. The fraction of sp³-hybridized carbons (Fsp3) is 0.556. The molecule has 4 rings (SSSR count). The predicted molar refractivity (Wildman–Crippen MR) is 103 cm³/mol. The second-order valence-corrected chi connectivity index (χ2v) is 10.3. The molecule has 2 aromatic rings. The molecule has 0 aromatic carbocycles. The predicted octanol–water partition coefficient (Wildman–Crippen LogP) is 2.89. The molecule has 0 bridgehead atoms. The summed E-state index contributed by atoms with van der Waals surface area (Å²) in [6, 6.07) is 1.43. The van der Waals surface area contributed by atoms with Gasteiger partial charge in [0.15, 0.2) is 5.03 Å². The zero-order valence-electron chi connectivity index (χ0n) is 16.0. The van der Waals surface area contributed by atoms with Gasteiger partial charge in [0.25, 0.3) is 21.9 Å². The second kappa shape index (κ2) is 6.88. The lowest BCUT2D eigenvalue weighted by Crippen LogP contribution is -2.58. The maximum Gasteiger partial charge on any atom is 0.275 e. The van der Waals surface area contributed by atoms with Crippen LogP contribution >= 0.6 is 11.6 Å². The monoisotopic (exact) mass is 446 g/mol. The number of carbonyl (C=O) groups excluding carboxylic acids is 1. The molecule has 0 unspecified atom stereocenters. The maximum absolute atomic E-state index is 13.3. The molecule has 0 atom stereocenters. The highest BCUT2D eigenvalue weighted by atomic mass is 35.5. The zero-order chi connectivity index (χ0) is 21.1. The first-order valence-corrected chi connectivity index (χ1v) is 11.2. The first-order chi connectivity index (χ1) is 13.5. The summed E-state index contributed by atoms with van der Waals surface area (Å²) in [5.74, 6) is -3.18. The van der Waals surface area contributed by atoms with Gasteiger partial charge in [-0.15, -0.1) is 0 Å². The summed E-state index contributed by atoms with van der Waals surface area (Å²) in [6.07, 6.45) is 3.48. The molecule has 2 fully saturated rings. The van der Waals surface area contributed by atoms with Crippen LogP contribution in [0.2, 0.25) is 5.02 Å². The van der Waals surface area contributed by atoms with Gasteiger partial charge < -0.3 is 5.32 Å². The molecule has 2 aromatic heterocycles. The Morgan fingerprint density at radius 2 is 2.03 bits per heavy atom. The number of nitrogens with one attached hydrogen (secondary N) is 1. The van der Waals surface area contributed by atoms with Gasteiger partial charge in [-0.25, -0.2) is 22.2 Å². The Kier molecular flexibility index (Phi) is 4.86. The molecule has 1 aliphatic heterocycles. The minimum Gasteiger partial charge on any atom is -0.352 e. The number of nitrogens with zero attached hydrogens (tertiary/aromatic N) is 3. The van der Waals surface area contributed by atoms with Crippen LogP contribution in [-0.4, -0.2) is 53.6 Å². The van der Waals surface area contributed by atoms with Gasteiger partial charge in [-0.3, -0.25) is 9.20 Å². The van der Waals surface area contributed by atoms with Crippen LogP contribution in [-0.2, 0) is 10.0 Å². The molecule has 2 aliphatic rings. The summed E-state index contributed by atoms with van der Waals surface area (Å²) in [6.45, 7) is 2.35. The number of imidazole rings is 1. The molecule has 158 valence electrons. The number of halogens is 3. The van der Waals surface area contributed by atoms with Crippen molar-refractivity contribution in [2.75, 3.05) is 19.6 Å². The molecule has 7 nitrogen and oxygen atoms in total. The molecular formula is C18H21ClF2N4O3S. The average molecular weight is 447 g/mol. The molecule has 1 saturated heterocycles. The summed E-state index contributed by atoms with van der Waals surface area (Å²) in [5.41, 5.74) is 0.659. The fourth-order valence-electron chi connectivity index (χ4n) is 3.28. The van der Waals surface area contributed by atoms with Crippen LogP contribution in [0.5, 0.6) is 0 Å². The third-order valence-corrected chi connectivity index (χ3v) is 7.27. The number of aromatic nitrogens is 2. The van der Waals surface area contributed by atoms with Crippen molar-refractivity contribution >= 4 is 33.2 Å². The largest absolute Gasteiger partial charge is 0.352 e. The highest BCUT2D eigenvalue weighted by molar-refractivity contribution is 7.89. The molecule has 3 heterocycles. The van der Waals surface area contributed by atoms with E-state index in [1.165, 1.54) is 16.7 Å². The number of alkyl halides is 2. The van der Waals surface area contributed by atoms with Gasteiger partial charge in [0.2, 0.25) is 0 Å². The summed E-state index contributed by atoms with van der Waals surface area (Å²) in [7, 11) is -4.20. The fourth-order valence-corrected chi connectivity index (χ4v) is 5.42. The molecule has 1 saturated carbocycles. The Bertz CT molecular complexity index is 1090. The van der Waals surface area contributed by atoms with Crippen LogP contribution in [0.25, 0.3) is 5.65 Å². The number of hydrogen-bond acceptors (Lipinski definition) is 4. The van der Waals surface area contributed by atoms with Gasteiger partial charge in [0.1, 0.15) is 5.65 Å². The van der Waals surface area contributed by atoms with E-state index < -0.39 is 29.0 Å². The lowest BCUT2D eigenvalue weighted by Gasteiger charge is -2.37. The number of pyridine rings is 1. The van der Waals surface area contributed by atoms with E-state index >= 15 is 0 Å². The summed E-state index contributed by atoms with van der Waals surface area (Å²) in [4.78, 5) is 16.8. The van der Waals surface area contributed by atoms with Crippen molar-refractivity contribution in [3.8, 4) is 0 Å². The normalized spacial score (nSPS) is 19.5. The Morgan fingerprint density at radius 1 is 1.38 bits per heavy atom. The van der Waals surface area contributed by atoms with Gasteiger partial charge >= 0.3 is 0 Å². The summed E-state index contributed by atoms with van der Waals surface area (Å²) < 4.78 is 54.6. The number of carbonyl (C=O) groups is 1. The van der Waals surface area contributed by atoms with Gasteiger partial charge in [0, 0.05) is 12.7 Å². The Morgan fingerprint density at radius 3 is 2.59 bits per heavy atom. The number of rotatable bonds is 6. The van der Waals surface area contributed by atoms with E-state index in [2.05, 4.69) is 10.3 Å². The van der Waals surface area contributed by atoms with Gasteiger partial charge in [0.05, 0.1) is 29.4 Å². The van der Waals surface area contributed by atoms with Crippen LogP contribution in [0.4, 0.5) is 8.78 Å². The standard InChI is InChI=1S/C18H21ClF2N4O3S/c1-10(2)15-17(29(27,28)24-8-18(20,21)9-24)25-7-13(19)12(5-14(25)23-15)16(26)22-6-11-3-4-11/h5,7,10-11H,3-4,6,8-9H2,1-2H3,(H,22,26). The van der Waals surface area contributed by atoms with Crippen molar-refractivity contribution in [3.05, 3.63) is 28.5 Å². The molecule has 0 spiro atoms. The topological polar surface area (TPSA) is 83.8 Å². The van der Waals surface area contributed by atoms with E-state index in [-0.39, 0.29) is 38.8 Å². The van der Waals surface area contributed by atoms with Crippen molar-refractivity contribution < 1.29 is 22.0 Å². The molecule has 11 heteroatoms. The Labute approximate surface area is 172 Å². The Balaban J connectivity index is 1.77. The van der Waals surface area contributed by atoms with Gasteiger partial charge in [-0.2, -0.15) is 4.31 Å². The van der Waals surface area contributed by atoms with Gasteiger partial charge in [-0.1, -0.05) is 25.4 Å². The number of hydrogen-bond donors (Lipinski definition) is 1. The van der Waals surface area contributed by atoms with Crippen LogP contribution < -0.4 is 5.32 Å². The van der Waals surface area contributed by atoms with Crippen LogP contribution in [0.15, 0.2) is 17.3 Å². The van der Waals surface area contributed by atoms with Crippen molar-refractivity contribution in [1.29, 1.82) is 0 Å². The van der Waals surface area contributed by atoms with Crippen molar-refractivity contribution in [3.63, 3.8) is 0 Å². The van der Waals surface area contributed by atoms with E-state index in [4.69, 9.17) is 11.6 Å². The zero-order valence-corrected chi connectivity index (χ0v) is 17.5. The lowest BCUT2D eigenvalue weighted by molar-refractivity contribution is -0.0946. The highest BCUT2D eigenvalue weighted by Gasteiger charge is 2.51. The van der Waals surface area contributed by atoms with Crippen molar-refractivity contribution in [1.82, 2.24) is 19.0 Å². The first-order valence-electron chi connectivity index (χ1n) is 9.37. The van der Waals surface area contributed by atoms with Crippen LogP contribution in [0, 0.1) is 5.92 Å². The maximum atomic E-state index is 13.3. The minimum absolute atomic E-state index is 0.0592. The van der Waals surface area contributed by atoms with E-state index in [1.54, 1.807) is 13.8 Å². The molecule has 29 heavy (non-hydrogen) atoms. The highest BCUT2D eigenvalue weighted by Crippen LogP contribution is 2.36. The average Bonchev–Trinajstić information content (AvgIpc) is 3.35. The molecule has 1 aliphatic carbocycles. The summed E-state index contributed by atoms with van der Waals surface area (Å²) >= 11 is 6.27. The third kappa shape index (κ3) is 3.73. The first kappa shape index (κ1) is 20.5. The summed E-state index contributed by atoms with van der Waals surface area (Å²) in [5, 5.41) is 2.69. The van der Waals surface area contributed by atoms with E-state index in [0.717, 1.165) is 17.1 Å². The smallest absolute Gasteiger partial charge is 0.275 e. The SMILES string of the molecule is CC(C)c1nc2cc(C(=O)NCC3CC3)c(Cl)cn2c1S(=O)(=O)N1CC(F)(F)C1. The van der Waals surface area contributed by atoms with Crippen molar-refractivity contribution in [2.24, 2.45) is 5.92 Å². The third-order valence-electron chi connectivity index (χ3n) is 5.13. The lowest BCUT2D eigenvalue weighted by atomic mass is 10.2. The van der Waals surface area contributed by atoms with Crippen LogP contribution in [0.1, 0.15) is 48.7 Å². The quantitative estimate of drug-likeness (QED) is 0.739. The second-order valence-electron chi connectivity index (χ2n) is 8.00. The van der Waals surface area contributed by atoms with E-state index in [1.807, 2.05) is 0 Å². The van der Waals surface area contributed by atoms with E-state index in [9.17, 15) is 22.0 Å². The molecule has 0 radical (unpaired) electrons. The van der Waals surface area contributed by atoms with Crippen LogP contribution in [0.3, 0.4) is 0 Å². The number of amides is 1.